The van der Waals surface area contributed by atoms with Crippen LogP contribution >= 0.6 is 0 Å². The van der Waals surface area contributed by atoms with Gasteiger partial charge in [0.15, 0.2) is 0 Å². The highest BCUT2D eigenvalue weighted by Crippen LogP contribution is 2.26. The average Bonchev–Trinajstić information content (AvgIpc) is 3.08. The minimum Gasteiger partial charge on any atom is -0.314 e. The fraction of sp³-hybridized carbons (Fsp3) is 0.190. The summed E-state index contributed by atoms with van der Waals surface area (Å²) in [5, 5.41) is 3.04. The van der Waals surface area contributed by atoms with Crippen LogP contribution in [0.15, 0.2) is 61.1 Å². The number of carbonyl (C=O) groups is 1. The molecule has 1 N–H and O–H groups in total. The Morgan fingerprint density at radius 3 is 2.62 bits per heavy atom. The van der Waals surface area contributed by atoms with Crippen LogP contribution in [0.3, 0.4) is 0 Å². The van der Waals surface area contributed by atoms with Gasteiger partial charge in [-0.3, -0.25) is 9.97 Å². The molecule has 0 unspecified atom stereocenters. The van der Waals surface area contributed by atoms with Gasteiger partial charge >= 0.3 is 6.03 Å². The first-order valence-electron chi connectivity index (χ1n) is 8.20. The van der Waals surface area contributed by atoms with E-state index in [1.165, 1.54) is 0 Å². The number of pyridine rings is 2. The molecule has 0 saturated heterocycles. The number of carbonyl (C=O) groups excluding carboxylic acids is 1. The van der Waals surface area contributed by atoms with Crippen molar-refractivity contribution in [3.05, 3.63) is 77.9 Å². The van der Waals surface area contributed by atoms with Gasteiger partial charge in [-0.1, -0.05) is 25.6 Å². The second-order valence-electron chi connectivity index (χ2n) is 6.16. The largest absolute Gasteiger partial charge is 0.322 e. The third kappa shape index (κ3) is 3.42. The number of benzene rings is 1. The number of fused-ring (bicyclic) bond motifs is 1. The Morgan fingerprint density at radius 1 is 1.04 bits per heavy atom. The highest BCUT2D eigenvalue weighted by Gasteiger charge is 2.24. The molecule has 132 valence electrons. The van der Waals surface area contributed by atoms with Gasteiger partial charge in [-0.15, -0.1) is 0 Å². The molecule has 2 aromatic heterocycles. The number of nitrogens with one attached hydrogen (secondary N) is 1. The third-order valence-corrected chi connectivity index (χ3v) is 4.47. The molecule has 1 aromatic carbocycles. The first kappa shape index (κ1) is 17.6. The number of rotatable bonds is 2. The molecule has 0 saturated carbocycles. The van der Waals surface area contributed by atoms with E-state index in [-0.39, 0.29) is 13.5 Å². The van der Waals surface area contributed by atoms with Crippen LogP contribution in [0.25, 0.3) is 11.1 Å². The maximum absolute atomic E-state index is 12.7. The van der Waals surface area contributed by atoms with Gasteiger partial charge in [-0.2, -0.15) is 0 Å². The van der Waals surface area contributed by atoms with Crippen molar-refractivity contribution in [3.63, 3.8) is 0 Å². The second-order valence-corrected chi connectivity index (χ2v) is 6.16. The van der Waals surface area contributed by atoms with Crippen molar-refractivity contribution in [1.29, 1.82) is 0 Å². The van der Waals surface area contributed by atoms with E-state index in [1.807, 2.05) is 43.3 Å². The Morgan fingerprint density at radius 2 is 1.85 bits per heavy atom. The Hall–Kier alpha value is -3.21. The van der Waals surface area contributed by atoms with Crippen molar-refractivity contribution in [2.75, 3.05) is 5.32 Å². The zero-order chi connectivity index (χ0) is 17.2. The van der Waals surface area contributed by atoms with E-state index in [9.17, 15) is 4.79 Å². The zero-order valence-corrected chi connectivity index (χ0v) is 13.9. The maximum atomic E-state index is 12.7. The molecule has 2 amide bonds. The molecule has 4 rings (SSSR count). The summed E-state index contributed by atoms with van der Waals surface area (Å²) in [6.45, 7) is 3.13. The molecule has 0 spiro atoms. The number of nitrogens with zero attached hydrogens (tertiary/aromatic N) is 3. The zero-order valence-electron chi connectivity index (χ0n) is 13.9. The van der Waals surface area contributed by atoms with Gasteiger partial charge in [0.1, 0.15) is 0 Å². The van der Waals surface area contributed by atoms with Gasteiger partial charge in [0.2, 0.25) is 0 Å². The molecule has 5 heteroatoms. The lowest BCUT2D eigenvalue weighted by molar-refractivity contribution is 0.212. The molecule has 1 aliphatic rings. The smallest absolute Gasteiger partial charge is 0.314 e. The summed E-state index contributed by atoms with van der Waals surface area (Å²) >= 11 is 0. The third-order valence-electron chi connectivity index (χ3n) is 4.47. The summed E-state index contributed by atoms with van der Waals surface area (Å²) in [7, 11) is 0. The summed E-state index contributed by atoms with van der Waals surface area (Å²) in [5.74, 6) is 0. The summed E-state index contributed by atoms with van der Waals surface area (Å²) in [4.78, 5) is 22.8. The van der Waals surface area contributed by atoms with Crippen LogP contribution in [0.1, 0.15) is 24.2 Å². The van der Waals surface area contributed by atoms with Crippen molar-refractivity contribution in [2.45, 2.75) is 27.4 Å². The van der Waals surface area contributed by atoms with Crippen molar-refractivity contribution in [3.8, 4) is 11.1 Å². The quantitative estimate of drug-likeness (QED) is 0.735. The standard InChI is InChI=1S/C20H18N4O.CH4/c1-14-4-5-16(15-6-9-21-10-7-15)11-18(14)23-20(25)24-12-17-3-2-8-22-19(17)13-24;/h2-11H,12-13H2,1H3,(H,23,25);1H4. The molecule has 0 fully saturated rings. The van der Waals surface area contributed by atoms with Gasteiger partial charge in [-0.05, 0) is 53.4 Å². The fourth-order valence-corrected chi connectivity index (χ4v) is 3.02. The minimum absolute atomic E-state index is 0. The fourth-order valence-electron chi connectivity index (χ4n) is 3.02. The minimum atomic E-state index is -0.104. The molecule has 0 aliphatic carbocycles. The van der Waals surface area contributed by atoms with Crippen LogP contribution in [0, 0.1) is 6.92 Å². The lowest BCUT2D eigenvalue weighted by Gasteiger charge is -2.18. The number of hydrogen-bond donors (Lipinski definition) is 1. The molecule has 0 radical (unpaired) electrons. The monoisotopic (exact) mass is 346 g/mol. The Balaban J connectivity index is 0.00000196. The molecular formula is C21H22N4O. The number of urea groups is 1. The van der Waals surface area contributed by atoms with Crippen LogP contribution in [0.2, 0.25) is 0 Å². The van der Waals surface area contributed by atoms with Crippen LogP contribution in [0.5, 0.6) is 0 Å². The van der Waals surface area contributed by atoms with Crippen LogP contribution in [-0.2, 0) is 13.1 Å². The molecule has 5 nitrogen and oxygen atoms in total. The van der Waals surface area contributed by atoms with E-state index in [4.69, 9.17) is 0 Å². The predicted molar refractivity (Wildman–Crippen MR) is 104 cm³/mol. The molecule has 0 bridgehead atoms. The number of aromatic nitrogens is 2. The summed E-state index contributed by atoms with van der Waals surface area (Å²) in [5.41, 5.74) is 6.06. The second kappa shape index (κ2) is 7.35. The molecule has 3 heterocycles. The van der Waals surface area contributed by atoms with E-state index in [2.05, 4.69) is 21.4 Å². The first-order chi connectivity index (χ1) is 12.2. The molecule has 1 aliphatic heterocycles. The molecule has 0 atom stereocenters. The summed E-state index contributed by atoms with van der Waals surface area (Å²) in [6.07, 6.45) is 5.30. The summed E-state index contributed by atoms with van der Waals surface area (Å²) in [6, 6.07) is 13.8. The highest BCUT2D eigenvalue weighted by molar-refractivity contribution is 5.91. The van der Waals surface area contributed by atoms with Crippen LogP contribution in [-0.4, -0.2) is 20.9 Å². The van der Waals surface area contributed by atoms with Crippen molar-refractivity contribution in [2.24, 2.45) is 0 Å². The number of amides is 2. The highest BCUT2D eigenvalue weighted by atomic mass is 16.2. The normalized spacial score (nSPS) is 12.3. The molecular weight excluding hydrogens is 324 g/mol. The first-order valence-corrected chi connectivity index (χ1v) is 8.20. The number of anilines is 1. The maximum Gasteiger partial charge on any atom is 0.322 e. The number of aryl methyl sites for hydroxylation is 1. The topological polar surface area (TPSA) is 58.1 Å². The molecule has 3 aromatic rings. The van der Waals surface area contributed by atoms with Gasteiger partial charge < -0.3 is 10.2 Å². The van der Waals surface area contributed by atoms with E-state index >= 15 is 0 Å². The van der Waals surface area contributed by atoms with Gasteiger partial charge in [0.25, 0.3) is 0 Å². The van der Waals surface area contributed by atoms with Crippen molar-refractivity contribution >= 4 is 11.7 Å². The lowest BCUT2D eigenvalue weighted by atomic mass is 10.0. The van der Waals surface area contributed by atoms with Gasteiger partial charge in [0, 0.05) is 30.8 Å². The summed E-state index contributed by atoms with van der Waals surface area (Å²) < 4.78 is 0. The van der Waals surface area contributed by atoms with Crippen molar-refractivity contribution in [1.82, 2.24) is 14.9 Å². The lowest BCUT2D eigenvalue weighted by Crippen LogP contribution is -2.30. The van der Waals surface area contributed by atoms with Crippen LogP contribution < -0.4 is 5.32 Å². The van der Waals surface area contributed by atoms with Crippen molar-refractivity contribution < 1.29 is 4.79 Å². The molecule has 26 heavy (non-hydrogen) atoms. The Bertz CT molecular complexity index is 899. The Labute approximate surface area is 153 Å². The van der Waals surface area contributed by atoms with Gasteiger partial charge in [-0.25, -0.2) is 4.79 Å². The average molecular weight is 346 g/mol. The van der Waals surface area contributed by atoms with E-state index in [1.54, 1.807) is 23.5 Å². The predicted octanol–water partition coefficient (Wildman–Crippen LogP) is 4.64. The van der Waals surface area contributed by atoms with Gasteiger partial charge in [0.05, 0.1) is 12.2 Å². The van der Waals surface area contributed by atoms with E-state index in [0.717, 1.165) is 33.6 Å². The van der Waals surface area contributed by atoms with Crippen LogP contribution in [0.4, 0.5) is 10.5 Å². The number of hydrogen-bond acceptors (Lipinski definition) is 3. The SMILES string of the molecule is C.Cc1ccc(-c2ccncc2)cc1NC(=O)N1Cc2cccnc2C1. The van der Waals surface area contributed by atoms with E-state index in [0.29, 0.717) is 13.1 Å². The Kier molecular flexibility index (Phi) is 4.98. The van der Waals surface area contributed by atoms with E-state index < -0.39 is 0 Å².